The summed E-state index contributed by atoms with van der Waals surface area (Å²) in [6.45, 7) is 3.65. The fourth-order valence-corrected chi connectivity index (χ4v) is 1.74. The van der Waals surface area contributed by atoms with Crippen molar-refractivity contribution >= 4 is 5.69 Å². The maximum Gasteiger partial charge on any atom is 0.0804 e. The molecule has 0 aromatic heterocycles. The Kier molecular flexibility index (Phi) is 4.11. The van der Waals surface area contributed by atoms with E-state index in [1.54, 1.807) is 0 Å². The highest BCUT2D eigenvalue weighted by atomic mass is 15.1. The highest BCUT2D eigenvalue weighted by Crippen LogP contribution is 2.14. The van der Waals surface area contributed by atoms with Gasteiger partial charge in [-0.3, -0.25) is 0 Å². The first-order valence-corrected chi connectivity index (χ1v) is 6.09. The number of nitrogens with zero attached hydrogens (tertiary/aromatic N) is 1. The maximum atomic E-state index is 3.23. The largest absolute Gasteiger partial charge is 0.349 e. The number of aryl methyl sites for hydroxylation is 1. The van der Waals surface area contributed by atoms with Gasteiger partial charge in [-0.2, -0.15) is 0 Å². The standard InChI is InChI=1S/C16H17N/c1-15-9-11-16(12-10-15)17-13-7-5-3-2-4-6-8-14-17/h9-12H,2-4,13-14H2,1H3. The van der Waals surface area contributed by atoms with Crippen LogP contribution < -0.4 is 4.90 Å². The van der Waals surface area contributed by atoms with Crippen LogP contribution in [0, 0.1) is 30.6 Å². The van der Waals surface area contributed by atoms with Crippen molar-refractivity contribution in [1.29, 1.82) is 0 Å². The van der Waals surface area contributed by atoms with Crippen LogP contribution in [-0.2, 0) is 0 Å². The van der Waals surface area contributed by atoms with Gasteiger partial charge in [0, 0.05) is 18.5 Å². The molecule has 86 valence electrons. The van der Waals surface area contributed by atoms with Gasteiger partial charge in [0.05, 0.1) is 13.1 Å². The predicted octanol–water partition coefficient (Wildman–Crippen LogP) is 2.99. The van der Waals surface area contributed by atoms with Gasteiger partial charge in [0.25, 0.3) is 0 Å². The van der Waals surface area contributed by atoms with Gasteiger partial charge in [0.2, 0.25) is 0 Å². The van der Waals surface area contributed by atoms with Gasteiger partial charge in [-0.05, 0) is 25.5 Å². The molecule has 0 fully saturated rings. The SMILES string of the molecule is Cc1ccc(N2CC#CCCCC#CC2)cc1. The summed E-state index contributed by atoms with van der Waals surface area (Å²) in [5.41, 5.74) is 2.49. The Morgan fingerprint density at radius 2 is 1.47 bits per heavy atom. The van der Waals surface area contributed by atoms with Crippen LogP contribution in [-0.4, -0.2) is 13.1 Å². The molecule has 0 atom stereocenters. The minimum Gasteiger partial charge on any atom is -0.349 e. The molecule has 0 spiro atoms. The van der Waals surface area contributed by atoms with Crippen molar-refractivity contribution in [2.24, 2.45) is 0 Å². The molecule has 1 aliphatic heterocycles. The minimum atomic E-state index is 0.776. The molecule has 0 saturated heterocycles. The molecule has 1 aromatic rings. The average Bonchev–Trinajstić information content (AvgIpc) is 2.37. The second-order valence-corrected chi connectivity index (χ2v) is 4.25. The summed E-state index contributed by atoms with van der Waals surface area (Å²) in [6.07, 6.45) is 3.04. The topological polar surface area (TPSA) is 3.24 Å². The smallest absolute Gasteiger partial charge is 0.0804 e. The van der Waals surface area contributed by atoms with E-state index in [2.05, 4.69) is 59.8 Å². The van der Waals surface area contributed by atoms with E-state index in [0.717, 1.165) is 32.4 Å². The third kappa shape index (κ3) is 3.58. The van der Waals surface area contributed by atoms with Crippen LogP contribution in [0.2, 0.25) is 0 Å². The normalized spacial score (nSPS) is 15.2. The molecule has 0 aliphatic carbocycles. The zero-order valence-corrected chi connectivity index (χ0v) is 10.3. The zero-order chi connectivity index (χ0) is 11.9. The Morgan fingerprint density at radius 3 is 2.06 bits per heavy atom. The average molecular weight is 223 g/mol. The Hall–Kier alpha value is -1.86. The van der Waals surface area contributed by atoms with Gasteiger partial charge in [-0.1, -0.05) is 29.5 Å². The van der Waals surface area contributed by atoms with E-state index >= 15 is 0 Å². The van der Waals surface area contributed by atoms with E-state index in [1.165, 1.54) is 11.3 Å². The first kappa shape index (κ1) is 11.6. The quantitative estimate of drug-likeness (QED) is 0.662. The summed E-state index contributed by atoms with van der Waals surface area (Å²) in [6, 6.07) is 8.55. The fraction of sp³-hybridized carbons (Fsp3) is 0.375. The van der Waals surface area contributed by atoms with Gasteiger partial charge >= 0.3 is 0 Å². The fourth-order valence-electron chi connectivity index (χ4n) is 1.74. The number of anilines is 1. The molecule has 0 unspecified atom stereocenters. The van der Waals surface area contributed by atoms with Crippen LogP contribution in [0.3, 0.4) is 0 Å². The highest BCUT2D eigenvalue weighted by molar-refractivity contribution is 5.49. The maximum absolute atomic E-state index is 3.23. The van der Waals surface area contributed by atoms with E-state index in [0.29, 0.717) is 0 Å². The Balaban J connectivity index is 2.14. The van der Waals surface area contributed by atoms with Crippen LogP contribution in [0.25, 0.3) is 0 Å². The minimum absolute atomic E-state index is 0.776. The third-order valence-corrected chi connectivity index (χ3v) is 2.79. The molecule has 1 heteroatoms. The molecule has 0 bridgehead atoms. The van der Waals surface area contributed by atoms with Crippen molar-refractivity contribution in [2.75, 3.05) is 18.0 Å². The lowest BCUT2D eigenvalue weighted by atomic mass is 10.2. The number of hydrogen-bond acceptors (Lipinski definition) is 1. The van der Waals surface area contributed by atoms with Crippen LogP contribution in [0.1, 0.15) is 24.8 Å². The molecular weight excluding hydrogens is 206 g/mol. The molecular formula is C16H17N. The number of hydrogen-bond donors (Lipinski definition) is 0. The van der Waals surface area contributed by atoms with Crippen LogP contribution in [0.5, 0.6) is 0 Å². The van der Waals surface area contributed by atoms with Gasteiger partial charge in [0.15, 0.2) is 0 Å². The third-order valence-electron chi connectivity index (χ3n) is 2.79. The first-order chi connectivity index (χ1) is 8.36. The summed E-state index contributed by atoms with van der Waals surface area (Å²) in [4.78, 5) is 2.23. The Labute approximate surface area is 104 Å². The lowest BCUT2D eigenvalue weighted by molar-refractivity contribution is 0.894. The summed E-state index contributed by atoms with van der Waals surface area (Å²) in [7, 11) is 0. The van der Waals surface area contributed by atoms with Crippen molar-refractivity contribution in [3.63, 3.8) is 0 Å². The van der Waals surface area contributed by atoms with Crippen LogP contribution >= 0.6 is 0 Å². The summed E-state index contributed by atoms with van der Waals surface area (Å²) in [5, 5.41) is 0. The molecule has 0 amide bonds. The second kappa shape index (κ2) is 6.02. The number of rotatable bonds is 1. The Morgan fingerprint density at radius 1 is 0.882 bits per heavy atom. The van der Waals surface area contributed by atoms with E-state index in [9.17, 15) is 0 Å². The molecule has 1 nitrogen and oxygen atoms in total. The molecule has 1 aliphatic rings. The summed E-state index contributed by atoms with van der Waals surface area (Å²) >= 11 is 0. The van der Waals surface area contributed by atoms with Crippen molar-refractivity contribution in [2.45, 2.75) is 26.2 Å². The Bertz CT molecular complexity index is 452. The summed E-state index contributed by atoms with van der Waals surface area (Å²) in [5.74, 6) is 12.9. The van der Waals surface area contributed by atoms with Crippen LogP contribution in [0.15, 0.2) is 24.3 Å². The second-order valence-electron chi connectivity index (χ2n) is 4.25. The van der Waals surface area contributed by atoms with Crippen LogP contribution in [0.4, 0.5) is 5.69 Å². The van der Waals surface area contributed by atoms with Gasteiger partial charge < -0.3 is 4.90 Å². The van der Waals surface area contributed by atoms with E-state index < -0.39 is 0 Å². The van der Waals surface area contributed by atoms with Crippen molar-refractivity contribution in [3.05, 3.63) is 29.8 Å². The molecule has 1 aromatic carbocycles. The predicted molar refractivity (Wildman–Crippen MR) is 72.8 cm³/mol. The lowest BCUT2D eigenvalue weighted by Crippen LogP contribution is -2.24. The summed E-state index contributed by atoms with van der Waals surface area (Å²) < 4.78 is 0. The monoisotopic (exact) mass is 223 g/mol. The first-order valence-electron chi connectivity index (χ1n) is 6.09. The van der Waals surface area contributed by atoms with E-state index in [-0.39, 0.29) is 0 Å². The van der Waals surface area contributed by atoms with Gasteiger partial charge in [0.1, 0.15) is 0 Å². The van der Waals surface area contributed by atoms with Gasteiger partial charge in [-0.25, -0.2) is 0 Å². The number of benzene rings is 1. The van der Waals surface area contributed by atoms with E-state index in [4.69, 9.17) is 0 Å². The zero-order valence-electron chi connectivity index (χ0n) is 10.3. The molecule has 17 heavy (non-hydrogen) atoms. The highest BCUT2D eigenvalue weighted by Gasteiger charge is 2.02. The molecule has 2 rings (SSSR count). The van der Waals surface area contributed by atoms with Crippen molar-refractivity contribution in [3.8, 4) is 23.7 Å². The molecule has 0 N–H and O–H groups in total. The molecule has 0 saturated carbocycles. The van der Waals surface area contributed by atoms with Gasteiger partial charge in [-0.15, -0.1) is 11.8 Å². The molecule has 1 heterocycles. The van der Waals surface area contributed by atoms with Crippen molar-refractivity contribution in [1.82, 2.24) is 0 Å². The van der Waals surface area contributed by atoms with Crippen molar-refractivity contribution < 1.29 is 0 Å². The molecule has 0 radical (unpaired) electrons. The van der Waals surface area contributed by atoms with E-state index in [1.807, 2.05) is 0 Å². The lowest BCUT2D eigenvalue weighted by Gasteiger charge is -2.20.